The Morgan fingerprint density at radius 2 is 2.15 bits per heavy atom. The predicted molar refractivity (Wildman–Crippen MR) is 83.9 cm³/mol. The van der Waals surface area contributed by atoms with Gasteiger partial charge in [0.15, 0.2) is 0 Å². The van der Waals surface area contributed by atoms with Crippen molar-refractivity contribution in [1.29, 1.82) is 0 Å². The molecular formula is C14H24N2O2S2. The van der Waals surface area contributed by atoms with Crippen LogP contribution in [0.5, 0.6) is 0 Å². The largest absolute Gasteiger partial charge is 0.313 e. The van der Waals surface area contributed by atoms with Crippen LogP contribution in [0.4, 0.5) is 0 Å². The Morgan fingerprint density at radius 1 is 1.40 bits per heavy atom. The molecule has 1 atom stereocenters. The second-order valence-electron chi connectivity index (χ2n) is 5.38. The van der Waals surface area contributed by atoms with Crippen molar-refractivity contribution >= 4 is 21.4 Å². The fourth-order valence-corrected chi connectivity index (χ4v) is 5.74. The van der Waals surface area contributed by atoms with Gasteiger partial charge < -0.3 is 5.32 Å². The second-order valence-corrected chi connectivity index (χ2v) is 8.75. The molecule has 1 fully saturated rings. The summed E-state index contributed by atoms with van der Waals surface area (Å²) in [5, 5.41) is 3.42. The molecule has 1 aliphatic rings. The van der Waals surface area contributed by atoms with E-state index in [1.165, 1.54) is 12.8 Å². The average Bonchev–Trinajstić information content (AvgIpc) is 2.76. The Balaban J connectivity index is 2.18. The maximum atomic E-state index is 12.8. The molecule has 0 amide bonds. The molecule has 4 nitrogen and oxygen atoms in total. The highest BCUT2D eigenvalue weighted by molar-refractivity contribution is 7.89. The summed E-state index contributed by atoms with van der Waals surface area (Å²) in [4.78, 5) is 2.42. The van der Waals surface area contributed by atoms with Crippen molar-refractivity contribution in [2.24, 2.45) is 0 Å². The van der Waals surface area contributed by atoms with Crippen molar-refractivity contribution in [3.05, 3.63) is 15.8 Å². The van der Waals surface area contributed by atoms with E-state index in [2.05, 4.69) is 5.32 Å². The Kier molecular flexibility index (Phi) is 5.23. The molecule has 0 radical (unpaired) electrons. The Morgan fingerprint density at radius 3 is 2.65 bits per heavy atom. The maximum absolute atomic E-state index is 12.8. The van der Waals surface area contributed by atoms with Crippen LogP contribution in [-0.2, 0) is 10.0 Å². The topological polar surface area (TPSA) is 49.4 Å². The quantitative estimate of drug-likeness (QED) is 0.908. The van der Waals surface area contributed by atoms with Crippen molar-refractivity contribution < 1.29 is 8.42 Å². The summed E-state index contributed by atoms with van der Waals surface area (Å²) in [5.74, 6) is 0. The molecule has 0 aliphatic carbocycles. The van der Waals surface area contributed by atoms with Gasteiger partial charge >= 0.3 is 0 Å². The summed E-state index contributed by atoms with van der Waals surface area (Å²) in [6, 6.07) is 2.09. The van der Waals surface area contributed by atoms with Crippen LogP contribution in [0, 0.1) is 13.8 Å². The third-order valence-corrected chi connectivity index (χ3v) is 6.96. The third kappa shape index (κ3) is 3.42. The molecule has 6 heteroatoms. The van der Waals surface area contributed by atoms with Crippen LogP contribution in [0.15, 0.2) is 11.0 Å². The minimum atomic E-state index is -3.36. The van der Waals surface area contributed by atoms with E-state index < -0.39 is 10.0 Å². The van der Waals surface area contributed by atoms with E-state index in [-0.39, 0.29) is 0 Å². The lowest BCUT2D eigenvalue weighted by molar-refractivity contribution is 0.319. The number of thiophene rings is 1. The SMILES string of the molecule is CCN(CC1CCCCN1)S(=O)(=O)c1cc(C)sc1C. The first-order valence-electron chi connectivity index (χ1n) is 7.25. The highest BCUT2D eigenvalue weighted by atomic mass is 32.2. The fraction of sp³-hybridized carbons (Fsp3) is 0.714. The fourth-order valence-electron chi connectivity index (χ4n) is 2.73. The van der Waals surface area contributed by atoms with Gasteiger partial charge in [0, 0.05) is 28.9 Å². The number of nitrogens with zero attached hydrogens (tertiary/aromatic N) is 1. The van der Waals surface area contributed by atoms with Crippen LogP contribution in [0.3, 0.4) is 0 Å². The molecule has 0 bridgehead atoms. The lowest BCUT2D eigenvalue weighted by Crippen LogP contribution is -2.45. The minimum Gasteiger partial charge on any atom is -0.313 e. The van der Waals surface area contributed by atoms with Crippen LogP contribution in [0.2, 0.25) is 0 Å². The van der Waals surface area contributed by atoms with Crippen molar-refractivity contribution in [2.45, 2.75) is 51.0 Å². The van der Waals surface area contributed by atoms with Gasteiger partial charge in [-0.2, -0.15) is 4.31 Å². The van der Waals surface area contributed by atoms with E-state index in [1.54, 1.807) is 21.7 Å². The number of piperidine rings is 1. The van der Waals surface area contributed by atoms with E-state index in [1.807, 2.05) is 20.8 Å². The molecule has 0 aromatic carbocycles. The normalized spacial score (nSPS) is 20.5. The maximum Gasteiger partial charge on any atom is 0.244 e. The molecule has 0 spiro atoms. The predicted octanol–water partition coefficient (Wildman–Crippen LogP) is 2.52. The van der Waals surface area contributed by atoms with Gasteiger partial charge in [-0.1, -0.05) is 13.3 Å². The molecule has 0 saturated carbocycles. The van der Waals surface area contributed by atoms with Crippen LogP contribution in [-0.4, -0.2) is 38.4 Å². The smallest absolute Gasteiger partial charge is 0.244 e. The van der Waals surface area contributed by atoms with Crippen molar-refractivity contribution in [3.8, 4) is 0 Å². The molecule has 114 valence electrons. The minimum absolute atomic E-state index is 0.290. The van der Waals surface area contributed by atoms with Crippen molar-refractivity contribution in [2.75, 3.05) is 19.6 Å². The number of rotatable bonds is 5. The van der Waals surface area contributed by atoms with Gasteiger partial charge in [-0.05, 0) is 39.3 Å². The third-order valence-electron chi connectivity index (χ3n) is 3.80. The summed E-state index contributed by atoms with van der Waals surface area (Å²) in [6.07, 6.45) is 3.44. The number of aryl methyl sites for hydroxylation is 2. The molecular weight excluding hydrogens is 292 g/mol. The molecule has 1 N–H and O–H groups in total. The Labute approximate surface area is 126 Å². The van der Waals surface area contributed by atoms with Crippen LogP contribution in [0.1, 0.15) is 35.9 Å². The van der Waals surface area contributed by atoms with Gasteiger partial charge in [0.2, 0.25) is 10.0 Å². The number of sulfonamides is 1. The number of hydrogen-bond acceptors (Lipinski definition) is 4. The molecule has 1 saturated heterocycles. The average molecular weight is 316 g/mol. The number of hydrogen-bond donors (Lipinski definition) is 1. The van der Waals surface area contributed by atoms with Crippen LogP contribution < -0.4 is 5.32 Å². The Hall–Kier alpha value is -0.430. The molecule has 1 aliphatic heterocycles. The van der Waals surface area contributed by atoms with Gasteiger partial charge in [-0.25, -0.2) is 8.42 Å². The summed E-state index contributed by atoms with van der Waals surface area (Å²) in [5.41, 5.74) is 0. The lowest BCUT2D eigenvalue weighted by Gasteiger charge is -2.29. The zero-order valence-corrected chi connectivity index (χ0v) is 14.1. The molecule has 2 rings (SSSR count). The molecule has 1 unspecified atom stereocenters. The van der Waals surface area contributed by atoms with E-state index in [0.717, 1.165) is 22.7 Å². The standard InChI is InChI=1S/C14H24N2O2S2/c1-4-16(10-13-7-5-6-8-15-13)20(17,18)14-9-11(2)19-12(14)3/h9,13,15H,4-8,10H2,1-3H3. The first kappa shape index (κ1) is 15.9. The zero-order chi connectivity index (χ0) is 14.8. The zero-order valence-electron chi connectivity index (χ0n) is 12.5. The monoisotopic (exact) mass is 316 g/mol. The summed E-state index contributed by atoms with van der Waals surface area (Å²) in [7, 11) is -3.36. The first-order chi connectivity index (χ1) is 9.45. The number of likely N-dealkylation sites (N-methyl/N-ethyl adjacent to an activating group) is 1. The summed E-state index contributed by atoms with van der Waals surface area (Å²) < 4.78 is 27.2. The molecule has 20 heavy (non-hydrogen) atoms. The van der Waals surface area contributed by atoms with Crippen LogP contribution in [0.25, 0.3) is 0 Å². The highest BCUT2D eigenvalue weighted by Gasteiger charge is 2.28. The van der Waals surface area contributed by atoms with Crippen molar-refractivity contribution in [1.82, 2.24) is 9.62 Å². The first-order valence-corrected chi connectivity index (χ1v) is 9.51. The number of nitrogens with one attached hydrogen (secondary N) is 1. The van der Waals surface area contributed by atoms with Gasteiger partial charge in [-0.3, -0.25) is 0 Å². The summed E-state index contributed by atoms with van der Waals surface area (Å²) >= 11 is 1.55. The van der Waals surface area contributed by atoms with E-state index in [4.69, 9.17) is 0 Å². The molecule has 2 heterocycles. The molecule has 1 aromatic heterocycles. The van der Waals surface area contributed by atoms with Crippen molar-refractivity contribution in [3.63, 3.8) is 0 Å². The van der Waals surface area contributed by atoms with E-state index in [9.17, 15) is 8.42 Å². The van der Waals surface area contributed by atoms with Gasteiger partial charge in [-0.15, -0.1) is 11.3 Å². The van der Waals surface area contributed by atoms with Gasteiger partial charge in [0.25, 0.3) is 0 Å². The highest BCUT2D eigenvalue weighted by Crippen LogP contribution is 2.28. The van der Waals surface area contributed by atoms with E-state index >= 15 is 0 Å². The Bertz CT molecular complexity index is 546. The van der Waals surface area contributed by atoms with Gasteiger partial charge in [0.05, 0.1) is 4.90 Å². The summed E-state index contributed by atoms with van der Waals surface area (Å²) in [6.45, 7) is 7.85. The molecule has 1 aromatic rings. The van der Waals surface area contributed by atoms with E-state index in [0.29, 0.717) is 24.0 Å². The lowest BCUT2D eigenvalue weighted by atomic mass is 10.1. The van der Waals surface area contributed by atoms with Gasteiger partial charge in [0.1, 0.15) is 0 Å². The second kappa shape index (κ2) is 6.56. The van der Waals surface area contributed by atoms with Crippen LogP contribution >= 0.6 is 11.3 Å².